The van der Waals surface area contributed by atoms with Crippen LogP contribution in [0.1, 0.15) is 17.8 Å². The summed E-state index contributed by atoms with van der Waals surface area (Å²) in [5, 5.41) is 8.25. The van der Waals surface area contributed by atoms with E-state index in [-0.39, 0.29) is 5.56 Å². The number of likely N-dealkylation sites (tertiary alicyclic amines) is 2. The average molecular weight is 336 g/mol. The summed E-state index contributed by atoms with van der Waals surface area (Å²) in [5.41, 5.74) is 1.55. The number of hydrogen-bond acceptors (Lipinski definition) is 5. The van der Waals surface area contributed by atoms with Crippen molar-refractivity contribution in [2.45, 2.75) is 31.6 Å². The number of rotatable bonds is 4. The van der Waals surface area contributed by atoms with Gasteiger partial charge in [0.05, 0.1) is 6.54 Å². The molecule has 1 aromatic carbocycles. The molecule has 7 nitrogen and oxygen atoms in total. The number of fused-ring (bicyclic) bond motifs is 3. The minimum Gasteiger partial charge on any atom is -0.324 e. The van der Waals surface area contributed by atoms with Crippen LogP contribution >= 0.6 is 0 Å². The molecular weight excluding hydrogens is 316 g/mol. The minimum absolute atomic E-state index is 0.196. The Labute approximate surface area is 144 Å². The predicted molar refractivity (Wildman–Crippen MR) is 93.1 cm³/mol. The van der Waals surface area contributed by atoms with E-state index in [1.165, 1.54) is 12.0 Å². The maximum Gasteiger partial charge on any atom is 0.293 e. The van der Waals surface area contributed by atoms with E-state index in [0.717, 1.165) is 32.0 Å². The normalized spacial score (nSPS) is 23.7. The number of H-pyrrole nitrogens is 1. The van der Waals surface area contributed by atoms with Gasteiger partial charge < -0.3 is 4.98 Å². The molecule has 5 rings (SSSR count). The standard InChI is InChI=1S/C18H20N6O/c25-18-17-21-20-16(24(17)7-6-19-18)12-23-11-14-8-15(23)10-22(14)9-13-4-2-1-3-5-13/h1-7,14-15H,8-12H2,(H,19,25)/t14-,15-/m0/s1. The van der Waals surface area contributed by atoms with Gasteiger partial charge in [0.1, 0.15) is 0 Å². The largest absolute Gasteiger partial charge is 0.324 e. The lowest BCUT2D eigenvalue weighted by Gasteiger charge is -2.33. The number of benzene rings is 1. The van der Waals surface area contributed by atoms with Gasteiger partial charge in [-0.3, -0.25) is 19.0 Å². The minimum atomic E-state index is -0.196. The van der Waals surface area contributed by atoms with Crippen LogP contribution in [0.5, 0.6) is 0 Å². The number of nitrogens with zero attached hydrogens (tertiary/aromatic N) is 5. The summed E-state index contributed by atoms with van der Waals surface area (Å²) in [7, 11) is 0. The van der Waals surface area contributed by atoms with Gasteiger partial charge in [-0.15, -0.1) is 10.2 Å². The van der Waals surface area contributed by atoms with Crippen molar-refractivity contribution in [1.29, 1.82) is 0 Å². The van der Waals surface area contributed by atoms with Crippen molar-refractivity contribution in [3.8, 4) is 0 Å². The molecule has 0 aliphatic carbocycles. The Morgan fingerprint density at radius 3 is 2.56 bits per heavy atom. The second-order valence-corrected chi connectivity index (χ2v) is 6.99. The lowest BCUT2D eigenvalue weighted by Crippen LogP contribution is -2.45. The Morgan fingerprint density at radius 2 is 1.80 bits per heavy atom. The van der Waals surface area contributed by atoms with Crippen molar-refractivity contribution in [2.24, 2.45) is 0 Å². The van der Waals surface area contributed by atoms with Gasteiger partial charge in [-0.05, 0) is 12.0 Å². The highest BCUT2D eigenvalue weighted by Crippen LogP contribution is 2.32. The molecule has 2 aliphatic rings. The first kappa shape index (κ1) is 14.8. The molecule has 3 aromatic rings. The smallest absolute Gasteiger partial charge is 0.293 e. The number of aromatic nitrogens is 4. The summed E-state index contributed by atoms with van der Waals surface area (Å²) < 4.78 is 1.80. The molecule has 0 saturated carbocycles. The summed E-state index contributed by atoms with van der Waals surface area (Å²) in [6, 6.07) is 11.8. The maximum absolute atomic E-state index is 11.8. The van der Waals surface area contributed by atoms with Gasteiger partial charge in [0.15, 0.2) is 5.82 Å². The zero-order chi connectivity index (χ0) is 16.8. The Hall–Kier alpha value is -2.51. The van der Waals surface area contributed by atoms with Crippen molar-refractivity contribution in [2.75, 3.05) is 13.1 Å². The van der Waals surface area contributed by atoms with Crippen LogP contribution in [0.25, 0.3) is 5.65 Å². The van der Waals surface area contributed by atoms with E-state index in [9.17, 15) is 4.79 Å². The first-order valence-corrected chi connectivity index (χ1v) is 8.71. The molecular formula is C18H20N6O. The second kappa shape index (κ2) is 5.79. The first-order valence-electron chi connectivity index (χ1n) is 8.71. The molecule has 2 atom stereocenters. The molecule has 0 spiro atoms. The van der Waals surface area contributed by atoms with Crippen LogP contribution < -0.4 is 5.56 Å². The fraction of sp³-hybridized carbons (Fsp3) is 0.389. The van der Waals surface area contributed by atoms with E-state index in [1.54, 1.807) is 10.6 Å². The van der Waals surface area contributed by atoms with Crippen LogP contribution in [0, 0.1) is 0 Å². The van der Waals surface area contributed by atoms with E-state index >= 15 is 0 Å². The quantitative estimate of drug-likeness (QED) is 0.766. The van der Waals surface area contributed by atoms with E-state index in [4.69, 9.17) is 0 Å². The number of hydrogen-bond donors (Lipinski definition) is 1. The van der Waals surface area contributed by atoms with Crippen LogP contribution in [-0.4, -0.2) is 54.6 Å². The van der Waals surface area contributed by atoms with Gasteiger partial charge in [0, 0.05) is 44.1 Å². The Kier molecular flexibility index (Phi) is 3.43. The predicted octanol–water partition coefficient (Wildman–Crippen LogP) is 0.876. The number of piperazine rings is 1. The molecule has 1 N–H and O–H groups in total. The Morgan fingerprint density at radius 1 is 1.04 bits per heavy atom. The molecule has 4 heterocycles. The first-order chi connectivity index (χ1) is 12.3. The monoisotopic (exact) mass is 336 g/mol. The zero-order valence-electron chi connectivity index (χ0n) is 13.9. The molecule has 0 radical (unpaired) electrons. The molecule has 2 bridgehead atoms. The molecule has 2 aliphatic heterocycles. The van der Waals surface area contributed by atoms with E-state index in [0.29, 0.717) is 17.7 Å². The summed E-state index contributed by atoms with van der Waals surface area (Å²) >= 11 is 0. The van der Waals surface area contributed by atoms with Gasteiger partial charge in [-0.2, -0.15) is 0 Å². The SMILES string of the molecule is O=c1[nH]ccn2c(CN3C[C@@H]4C[C@H]3CN4Cc3ccccc3)nnc12. The Bertz CT molecular complexity index is 949. The van der Waals surface area contributed by atoms with Gasteiger partial charge >= 0.3 is 0 Å². The molecule has 128 valence electrons. The van der Waals surface area contributed by atoms with Crippen LogP contribution in [0.15, 0.2) is 47.5 Å². The van der Waals surface area contributed by atoms with Gasteiger partial charge in [-0.1, -0.05) is 30.3 Å². The lowest BCUT2D eigenvalue weighted by atomic mass is 10.2. The van der Waals surface area contributed by atoms with E-state index < -0.39 is 0 Å². The summed E-state index contributed by atoms with van der Waals surface area (Å²) in [6.45, 7) is 3.91. The fourth-order valence-corrected chi connectivity index (χ4v) is 4.21. The number of nitrogens with one attached hydrogen (secondary N) is 1. The summed E-state index contributed by atoms with van der Waals surface area (Å²) in [6.07, 6.45) is 4.67. The van der Waals surface area contributed by atoms with Gasteiger partial charge in [0.2, 0.25) is 5.65 Å². The molecule has 2 saturated heterocycles. The second-order valence-electron chi connectivity index (χ2n) is 6.99. The molecule has 2 fully saturated rings. The highest BCUT2D eigenvalue weighted by molar-refractivity contribution is 5.33. The summed E-state index contributed by atoms with van der Waals surface area (Å²) in [4.78, 5) is 19.5. The van der Waals surface area contributed by atoms with E-state index in [2.05, 4.69) is 55.3 Å². The molecule has 25 heavy (non-hydrogen) atoms. The van der Waals surface area contributed by atoms with E-state index in [1.807, 2.05) is 6.20 Å². The topological polar surface area (TPSA) is 69.5 Å². The number of aromatic amines is 1. The fourth-order valence-electron chi connectivity index (χ4n) is 4.21. The third kappa shape index (κ3) is 2.56. The third-order valence-electron chi connectivity index (χ3n) is 5.45. The van der Waals surface area contributed by atoms with Gasteiger partial charge in [0.25, 0.3) is 5.56 Å². The lowest BCUT2D eigenvalue weighted by molar-refractivity contribution is 0.115. The molecule has 0 amide bonds. The van der Waals surface area contributed by atoms with Crippen LogP contribution in [0.2, 0.25) is 0 Å². The van der Waals surface area contributed by atoms with Crippen molar-refractivity contribution in [3.05, 3.63) is 64.5 Å². The van der Waals surface area contributed by atoms with Gasteiger partial charge in [-0.25, -0.2) is 0 Å². The van der Waals surface area contributed by atoms with Crippen molar-refractivity contribution < 1.29 is 0 Å². The van der Waals surface area contributed by atoms with Crippen molar-refractivity contribution >= 4 is 5.65 Å². The third-order valence-corrected chi connectivity index (χ3v) is 5.45. The highest BCUT2D eigenvalue weighted by atomic mass is 16.1. The van der Waals surface area contributed by atoms with Crippen LogP contribution in [-0.2, 0) is 13.1 Å². The molecule has 0 unspecified atom stereocenters. The average Bonchev–Trinajstić information content (AvgIpc) is 3.32. The zero-order valence-corrected chi connectivity index (χ0v) is 13.9. The van der Waals surface area contributed by atoms with Crippen LogP contribution in [0.4, 0.5) is 0 Å². The highest BCUT2D eigenvalue weighted by Gasteiger charge is 2.43. The molecule has 7 heteroatoms. The molecule has 2 aromatic heterocycles. The maximum atomic E-state index is 11.8. The van der Waals surface area contributed by atoms with Crippen molar-refractivity contribution in [3.63, 3.8) is 0 Å². The Balaban J connectivity index is 1.29. The summed E-state index contributed by atoms with van der Waals surface area (Å²) in [5.74, 6) is 0.836. The van der Waals surface area contributed by atoms with Crippen molar-refractivity contribution in [1.82, 2.24) is 29.4 Å². The van der Waals surface area contributed by atoms with Crippen LogP contribution in [0.3, 0.4) is 0 Å².